The maximum atomic E-state index is 13.1. The highest BCUT2D eigenvalue weighted by Crippen LogP contribution is 2.35. The van der Waals surface area contributed by atoms with Gasteiger partial charge in [-0.1, -0.05) is 26.0 Å². The molecule has 0 bridgehead atoms. The van der Waals surface area contributed by atoms with E-state index in [-0.39, 0.29) is 17.5 Å². The summed E-state index contributed by atoms with van der Waals surface area (Å²) in [7, 11) is -3.53. The van der Waals surface area contributed by atoms with Crippen LogP contribution in [0, 0.1) is 5.92 Å². The molecule has 0 fully saturated rings. The zero-order chi connectivity index (χ0) is 27.6. The van der Waals surface area contributed by atoms with Crippen LogP contribution in [0.3, 0.4) is 0 Å². The summed E-state index contributed by atoms with van der Waals surface area (Å²) in [4.78, 5) is 3.69. The Morgan fingerprint density at radius 1 is 1.08 bits per heavy atom. The predicted octanol–water partition coefficient (Wildman–Crippen LogP) is 6.26. The van der Waals surface area contributed by atoms with Crippen molar-refractivity contribution in [1.29, 1.82) is 0 Å². The molecule has 8 nitrogen and oxygen atoms in total. The van der Waals surface area contributed by atoms with Gasteiger partial charge in [-0.3, -0.25) is 4.72 Å². The van der Waals surface area contributed by atoms with Gasteiger partial charge < -0.3 is 10.1 Å². The second-order valence-corrected chi connectivity index (χ2v) is 12.0. The van der Waals surface area contributed by atoms with Crippen LogP contribution in [-0.2, 0) is 21.7 Å². The molecule has 0 saturated carbocycles. The van der Waals surface area contributed by atoms with Crippen LogP contribution in [0.2, 0.25) is 0 Å². The number of alkyl halides is 3. The number of anilines is 3. The average molecular weight is 540 g/mol. The number of ether oxygens (including phenoxy) is 1. The number of benzene rings is 1. The first-order chi connectivity index (χ1) is 17.1. The zero-order valence-corrected chi connectivity index (χ0v) is 22.5. The topological polar surface area (TPSA) is 98.1 Å². The van der Waals surface area contributed by atoms with Crippen LogP contribution in [0.5, 0.6) is 5.75 Å². The number of sulfonamides is 1. The Bertz CT molecular complexity index is 1350. The highest BCUT2D eigenvalue weighted by atomic mass is 32.2. The van der Waals surface area contributed by atoms with Crippen molar-refractivity contribution in [1.82, 2.24) is 14.8 Å². The molecule has 2 aromatic heterocycles. The van der Waals surface area contributed by atoms with Gasteiger partial charge in [0.25, 0.3) is 0 Å². The van der Waals surface area contributed by atoms with Crippen molar-refractivity contribution in [2.45, 2.75) is 53.3 Å². The summed E-state index contributed by atoms with van der Waals surface area (Å²) in [6.45, 7) is 11.6. The number of hydrogen-bond acceptors (Lipinski definition) is 6. The van der Waals surface area contributed by atoms with E-state index in [0.29, 0.717) is 35.1 Å². The van der Waals surface area contributed by atoms with E-state index in [9.17, 15) is 21.6 Å². The number of hydrogen-bond donors (Lipinski definition) is 2. The van der Waals surface area contributed by atoms with Crippen LogP contribution in [0.1, 0.15) is 47.2 Å². The highest BCUT2D eigenvalue weighted by Gasteiger charge is 2.32. The van der Waals surface area contributed by atoms with Gasteiger partial charge in [-0.15, -0.1) is 0 Å². The fourth-order valence-electron chi connectivity index (χ4n) is 3.30. The van der Waals surface area contributed by atoms with E-state index in [1.807, 2.05) is 34.6 Å². The van der Waals surface area contributed by atoms with Gasteiger partial charge in [0.15, 0.2) is 0 Å². The van der Waals surface area contributed by atoms with E-state index < -0.39 is 27.4 Å². The fraction of sp³-hybridized carbons (Fsp3) is 0.440. The van der Waals surface area contributed by atoms with Gasteiger partial charge >= 0.3 is 6.18 Å². The standard InChI is InChI=1S/C25H32F3N5O3S/c1-7-37(34,35)32-18-12-11-17(13-20(18)36-15-16(2)3)19-14-23(33(31-19)24(4,5)6)30-22-10-8-9-21(29-22)25(26,27)28/h8-14,16,32H,7,15H2,1-6H3,(H,29,30). The lowest BCUT2D eigenvalue weighted by Crippen LogP contribution is -2.24. The predicted molar refractivity (Wildman–Crippen MR) is 139 cm³/mol. The smallest absolute Gasteiger partial charge is 0.433 e. The third-order valence-corrected chi connectivity index (χ3v) is 6.43. The van der Waals surface area contributed by atoms with Crippen LogP contribution in [0.25, 0.3) is 11.3 Å². The van der Waals surface area contributed by atoms with Gasteiger partial charge in [0.1, 0.15) is 23.1 Å². The van der Waals surface area contributed by atoms with E-state index in [1.165, 1.54) is 19.1 Å². The molecule has 1 aromatic carbocycles. The summed E-state index contributed by atoms with van der Waals surface area (Å²) < 4.78 is 73.9. The number of halogens is 3. The first-order valence-electron chi connectivity index (χ1n) is 11.8. The second-order valence-electron chi connectivity index (χ2n) is 9.95. The molecule has 0 atom stereocenters. The molecule has 0 unspecified atom stereocenters. The van der Waals surface area contributed by atoms with E-state index in [0.717, 1.165) is 6.07 Å². The molecule has 3 rings (SSSR count). The van der Waals surface area contributed by atoms with Crippen LogP contribution in [-0.4, -0.2) is 35.5 Å². The molecular formula is C25H32F3N5O3S. The molecule has 0 aliphatic heterocycles. The number of nitrogens with zero attached hydrogens (tertiary/aromatic N) is 3. The lowest BCUT2D eigenvalue weighted by molar-refractivity contribution is -0.141. The fourth-order valence-corrected chi connectivity index (χ4v) is 3.95. The molecule has 0 aliphatic rings. The van der Waals surface area contributed by atoms with Crippen molar-refractivity contribution >= 4 is 27.3 Å². The van der Waals surface area contributed by atoms with Crippen molar-refractivity contribution in [3.05, 3.63) is 48.2 Å². The molecule has 3 aromatic rings. The summed E-state index contributed by atoms with van der Waals surface area (Å²) in [6.07, 6.45) is -4.57. The van der Waals surface area contributed by atoms with Gasteiger partial charge in [-0.25, -0.2) is 18.1 Å². The third-order valence-electron chi connectivity index (χ3n) is 5.14. The Labute approximate surface area is 215 Å². The molecule has 0 spiro atoms. The Morgan fingerprint density at radius 3 is 2.38 bits per heavy atom. The summed E-state index contributed by atoms with van der Waals surface area (Å²) in [5.74, 6) is 0.928. The van der Waals surface area contributed by atoms with Gasteiger partial charge in [0, 0.05) is 11.6 Å². The zero-order valence-electron chi connectivity index (χ0n) is 21.6. The van der Waals surface area contributed by atoms with Crippen LogP contribution in [0.15, 0.2) is 42.5 Å². The van der Waals surface area contributed by atoms with E-state index in [1.54, 1.807) is 28.9 Å². The molecule has 37 heavy (non-hydrogen) atoms. The van der Waals surface area contributed by atoms with Crippen molar-refractivity contribution in [2.75, 3.05) is 22.4 Å². The highest BCUT2D eigenvalue weighted by molar-refractivity contribution is 7.92. The SMILES string of the molecule is CCS(=O)(=O)Nc1ccc(-c2cc(Nc3cccc(C(F)(F)F)n3)n(C(C)(C)C)n2)cc1OCC(C)C. The third kappa shape index (κ3) is 7.37. The molecule has 0 amide bonds. The van der Waals surface area contributed by atoms with E-state index in [2.05, 4.69) is 20.1 Å². The maximum Gasteiger partial charge on any atom is 0.433 e. The summed E-state index contributed by atoms with van der Waals surface area (Å²) in [5, 5.41) is 7.64. The lowest BCUT2D eigenvalue weighted by atomic mass is 10.1. The molecule has 2 heterocycles. The number of nitrogens with one attached hydrogen (secondary N) is 2. The Balaban J connectivity index is 2.04. The Hall–Kier alpha value is -3.28. The molecule has 2 N–H and O–H groups in total. The quantitative estimate of drug-likeness (QED) is 0.333. The van der Waals surface area contributed by atoms with Crippen molar-refractivity contribution in [2.24, 2.45) is 5.92 Å². The summed E-state index contributed by atoms with van der Waals surface area (Å²) in [5.41, 5.74) is -0.0508. The number of aromatic nitrogens is 3. The number of pyridine rings is 1. The lowest BCUT2D eigenvalue weighted by Gasteiger charge is -2.22. The largest absolute Gasteiger partial charge is 0.491 e. The van der Waals surface area contributed by atoms with Gasteiger partial charge in [-0.05, 0) is 57.9 Å². The first kappa shape index (κ1) is 28.3. The summed E-state index contributed by atoms with van der Waals surface area (Å²) >= 11 is 0. The second kappa shape index (κ2) is 10.6. The minimum atomic E-state index is -4.57. The molecular weight excluding hydrogens is 507 g/mol. The van der Waals surface area contributed by atoms with Crippen molar-refractivity contribution in [3.63, 3.8) is 0 Å². The minimum Gasteiger partial charge on any atom is -0.491 e. The van der Waals surface area contributed by atoms with Crippen molar-refractivity contribution in [3.8, 4) is 17.0 Å². The van der Waals surface area contributed by atoms with E-state index >= 15 is 0 Å². The molecule has 202 valence electrons. The van der Waals surface area contributed by atoms with Gasteiger partial charge in [-0.2, -0.15) is 18.3 Å². The van der Waals surface area contributed by atoms with Crippen LogP contribution >= 0.6 is 0 Å². The van der Waals surface area contributed by atoms with Crippen LogP contribution < -0.4 is 14.8 Å². The Morgan fingerprint density at radius 2 is 1.78 bits per heavy atom. The maximum absolute atomic E-state index is 13.1. The molecule has 0 aliphatic carbocycles. The minimum absolute atomic E-state index is 0.0250. The summed E-state index contributed by atoms with van der Waals surface area (Å²) in [6, 6.07) is 10.3. The Kier molecular flexibility index (Phi) is 8.11. The van der Waals surface area contributed by atoms with Gasteiger partial charge in [0.05, 0.1) is 29.3 Å². The van der Waals surface area contributed by atoms with Crippen molar-refractivity contribution < 1.29 is 26.3 Å². The molecule has 0 saturated heterocycles. The normalized spacial score (nSPS) is 12.6. The monoisotopic (exact) mass is 539 g/mol. The van der Waals surface area contributed by atoms with Gasteiger partial charge in [0.2, 0.25) is 10.0 Å². The average Bonchev–Trinajstić information content (AvgIpc) is 3.22. The number of rotatable bonds is 9. The van der Waals surface area contributed by atoms with E-state index in [4.69, 9.17) is 4.74 Å². The first-order valence-corrected chi connectivity index (χ1v) is 13.4. The molecule has 0 radical (unpaired) electrons. The van der Waals surface area contributed by atoms with Crippen LogP contribution in [0.4, 0.5) is 30.5 Å². The molecule has 12 heteroatoms.